The molecule has 3 aromatic heterocycles. The summed E-state index contributed by atoms with van der Waals surface area (Å²) in [5.74, 6) is 0.161. The zero-order valence-electron chi connectivity index (χ0n) is 17.6. The second kappa shape index (κ2) is 8.50. The molecule has 8 nitrogen and oxygen atoms in total. The van der Waals surface area contributed by atoms with Gasteiger partial charge in [-0.1, -0.05) is 22.9 Å². The molecule has 32 heavy (non-hydrogen) atoms. The number of pyridine rings is 1. The summed E-state index contributed by atoms with van der Waals surface area (Å²) in [6.45, 7) is 6.93. The Morgan fingerprint density at radius 3 is 2.69 bits per heavy atom. The molecule has 1 saturated heterocycles. The lowest BCUT2D eigenvalue weighted by molar-refractivity contribution is 0.102. The fourth-order valence-electron chi connectivity index (χ4n) is 3.64. The number of benzene rings is 1. The standard InChI is InChI=1S/C22H21ClN6O2S/c1-13-11-14(2)29(27-13)19-6-4-16(23)20(26-19)21(30)24-15-3-5-17-18(12-15)32-22(25-17)28-7-9-31-10-8-28/h3-6,11-12H,7-10H2,1-2H3,(H,24,30). The van der Waals surface area contributed by atoms with E-state index in [2.05, 4.69) is 20.3 Å². The molecule has 5 rings (SSSR count). The molecule has 1 fully saturated rings. The number of rotatable bonds is 4. The van der Waals surface area contributed by atoms with E-state index >= 15 is 0 Å². The van der Waals surface area contributed by atoms with E-state index in [1.165, 1.54) is 0 Å². The lowest BCUT2D eigenvalue weighted by Gasteiger charge is -2.25. The lowest BCUT2D eigenvalue weighted by Crippen LogP contribution is -2.36. The van der Waals surface area contributed by atoms with E-state index in [9.17, 15) is 4.79 Å². The van der Waals surface area contributed by atoms with Crippen LogP contribution in [0.25, 0.3) is 16.0 Å². The highest BCUT2D eigenvalue weighted by atomic mass is 35.5. The van der Waals surface area contributed by atoms with Crippen molar-refractivity contribution in [2.45, 2.75) is 13.8 Å². The lowest BCUT2D eigenvalue weighted by atomic mass is 10.2. The molecular weight excluding hydrogens is 448 g/mol. The van der Waals surface area contributed by atoms with E-state index in [-0.39, 0.29) is 16.6 Å². The van der Waals surface area contributed by atoms with Crippen molar-refractivity contribution in [3.05, 3.63) is 58.5 Å². The van der Waals surface area contributed by atoms with Crippen molar-refractivity contribution in [1.82, 2.24) is 19.7 Å². The number of hydrogen-bond donors (Lipinski definition) is 1. The molecule has 0 spiro atoms. The van der Waals surface area contributed by atoms with Crippen molar-refractivity contribution in [3.8, 4) is 5.82 Å². The van der Waals surface area contributed by atoms with Gasteiger partial charge in [0.2, 0.25) is 0 Å². The number of hydrogen-bond acceptors (Lipinski definition) is 7. The maximum Gasteiger partial charge on any atom is 0.275 e. The van der Waals surface area contributed by atoms with Gasteiger partial charge < -0.3 is 15.0 Å². The first-order chi connectivity index (χ1) is 15.5. The number of ether oxygens (including phenoxy) is 1. The van der Waals surface area contributed by atoms with Gasteiger partial charge in [-0.25, -0.2) is 14.6 Å². The van der Waals surface area contributed by atoms with E-state index < -0.39 is 0 Å². The maximum atomic E-state index is 13.0. The summed E-state index contributed by atoms with van der Waals surface area (Å²) in [7, 11) is 0. The maximum absolute atomic E-state index is 13.0. The van der Waals surface area contributed by atoms with Crippen LogP contribution in [0.2, 0.25) is 5.02 Å². The smallest absolute Gasteiger partial charge is 0.275 e. The number of carbonyl (C=O) groups excluding carboxylic acids is 1. The van der Waals surface area contributed by atoms with Gasteiger partial charge in [0.15, 0.2) is 10.9 Å². The number of nitrogens with zero attached hydrogens (tertiary/aromatic N) is 5. The zero-order valence-corrected chi connectivity index (χ0v) is 19.2. The number of amides is 1. The van der Waals surface area contributed by atoms with Crippen LogP contribution in [0.15, 0.2) is 36.4 Å². The number of aromatic nitrogens is 4. The minimum Gasteiger partial charge on any atom is -0.378 e. The first kappa shape index (κ1) is 20.9. The van der Waals surface area contributed by atoms with E-state index in [0.717, 1.165) is 39.8 Å². The molecule has 0 saturated carbocycles. The van der Waals surface area contributed by atoms with Gasteiger partial charge >= 0.3 is 0 Å². The number of fused-ring (bicyclic) bond motifs is 1. The average molecular weight is 469 g/mol. The van der Waals surface area contributed by atoms with Crippen molar-refractivity contribution >= 4 is 49.9 Å². The molecule has 1 N–H and O–H groups in total. The third-order valence-electron chi connectivity index (χ3n) is 5.19. The number of halogens is 1. The minimum atomic E-state index is -0.379. The van der Waals surface area contributed by atoms with Crippen molar-refractivity contribution in [3.63, 3.8) is 0 Å². The monoisotopic (exact) mass is 468 g/mol. The molecule has 0 atom stereocenters. The zero-order chi connectivity index (χ0) is 22.2. The van der Waals surface area contributed by atoms with Gasteiger partial charge in [-0.05, 0) is 50.2 Å². The third-order valence-corrected chi connectivity index (χ3v) is 6.57. The normalized spacial score (nSPS) is 14.2. The van der Waals surface area contributed by atoms with Crippen molar-refractivity contribution in [2.75, 3.05) is 36.5 Å². The molecule has 1 aliphatic heterocycles. The van der Waals surface area contributed by atoms with Gasteiger partial charge in [0, 0.05) is 24.5 Å². The molecule has 0 bridgehead atoms. The summed E-state index contributed by atoms with van der Waals surface area (Å²) in [6.07, 6.45) is 0. The largest absolute Gasteiger partial charge is 0.378 e. The van der Waals surface area contributed by atoms with Gasteiger partial charge in [0.1, 0.15) is 5.69 Å². The summed E-state index contributed by atoms with van der Waals surface area (Å²) < 4.78 is 8.11. The van der Waals surface area contributed by atoms with Crippen LogP contribution in [0.1, 0.15) is 21.9 Å². The molecule has 0 radical (unpaired) electrons. The molecular formula is C22H21ClN6O2S. The molecule has 164 valence electrons. The number of anilines is 2. The highest BCUT2D eigenvalue weighted by molar-refractivity contribution is 7.22. The molecule has 1 aliphatic rings. The first-order valence-corrected chi connectivity index (χ1v) is 11.4. The molecule has 4 heterocycles. The Labute approximate surface area is 193 Å². The van der Waals surface area contributed by atoms with Crippen LogP contribution < -0.4 is 10.2 Å². The van der Waals surface area contributed by atoms with Crippen LogP contribution in [-0.4, -0.2) is 52.0 Å². The molecule has 10 heteroatoms. The van der Waals surface area contributed by atoms with E-state index in [4.69, 9.17) is 21.3 Å². The molecule has 1 aromatic carbocycles. The van der Waals surface area contributed by atoms with Crippen LogP contribution in [0, 0.1) is 13.8 Å². The third kappa shape index (κ3) is 4.06. The summed E-state index contributed by atoms with van der Waals surface area (Å²) >= 11 is 7.90. The van der Waals surface area contributed by atoms with Gasteiger partial charge in [-0.15, -0.1) is 0 Å². The van der Waals surface area contributed by atoms with Crippen LogP contribution in [-0.2, 0) is 4.74 Å². The Balaban J connectivity index is 1.39. The fourth-order valence-corrected chi connectivity index (χ4v) is 4.89. The Morgan fingerprint density at radius 1 is 1.12 bits per heavy atom. The summed E-state index contributed by atoms with van der Waals surface area (Å²) in [4.78, 5) is 24.4. The van der Waals surface area contributed by atoms with E-state index in [0.29, 0.717) is 24.7 Å². The molecule has 0 aliphatic carbocycles. The second-order valence-electron chi connectivity index (χ2n) is 7.57. The first-order valence-electron chi connectivity index (χ1n) is 10.2. The van der Waals surface area contributed by atoms with Crippen LogP contribution in [0.3, 0.4) is 0 Å². The topological polar surface area (TPSA) is 85.2 Å². The van der Waals surface area contributed by atoms with Crippen LogP contribution in [0.4, 0.5) is 10.8 Å². The summed E-state index contributed by atoms with van der Waals surface area (Å²) in [5.41, 5.74) is 3.51. The van der Waals surface area contributed by atoms with Crippen molar-refractivity contribution < 1.29 is 9.53 Å². The highest BCUT2D eigenvalue weighted by Gasteiger charge is 2.18. The quantitative estimate of drug-likeness (QED) is 0.482. The van der Waals surface area contributed by atoms with Gasteiger partial charge in [-0.2, -0.15) is 5.10 Å². The minimum absolute atomic E-state index is 0.148. The number of aryl methyl sites for hydroxylation is 2. The van der Waals surface area contributed by atoms with E-state index in [1.807, 2.05) is 38.1 Å². The Kier molecular flexibility index (Phi) is 5.54. The predicted molar refractivity (Wildman–Crippen MR) is 126 cm³/mol. The average Bonchev–Trinajstić information content (AvgIpc) is 3.36. The Hall–Kier alpha value is -3.01. The molecule has 0 unspecified atom stereocenters. The SMILES string of the molecule is Cc1cc(C)n(-c2ccc(Cl)c(C(=O)Nc3ccc4nc(N5CCOCC5)sc4c3)n2)n1. The van der Waals surface area contributed by atoms with Crippen LogP contribution >= 0.6 is 22.9 Å². The summed E-state index contributed by atoms with van der Waals surface area (Å²) in [6, 6.07) is 11.0. The van der Waals surface area contributed by atoms with Gasteiger partial charge in [0.05, 0.1) is 34.1 Å². The molecule has 1 amide bonds. The Morgan fingerprint density at radius 2 is 1.94 bits per heavy atom. The number of nitrogens with one attached hydrogen (secondary N) is 1. The molecule has 4 aromatic rings. The fraction of sp³-hybridized carbons (Fsp3) is 0.273. The number of thiazole rings is 1. The van der Waals surface area contributed by atoms with Crippen molar-refractivity contribution in [2.24, 2.45) is 0 Å². The van der Waals surface area contributed by atoms with Crippen LogP contribution in [0.5, 0.6) is 0 Å². The second-order valence-corrected chi connectivity index (χ2v) is 8.99. The van der Waals surface area contributed by atoms with Crippen molar-refractivity contribution in [1.29, 1.82) is 0 Å². The number of carbonyl (C=O) groups is 1. The summed E-state index contributed by atoms with van der Waals surface area (Å²) in [5, 5.41) is 8.59. The number of morpholine rings is 1. The Bertz CT molecular complexity index is 1310. The van der Waals surface area contributed by atoms with E-state index in [1.54, 1.807) is 28.2 Å². The van der Waals surface area contributed by atoms with Gasteiger partial charge in [-0.3, -0.25) is 4.79 Å². The highest BCUT2D eigenvalue weighted by Crippen LogP contribution is 2.31. The van der Waals surface area contributed by atoms with Gasteiger partial charge in [0.25, 0.3) is 5.91 Å². The predicted octanol–water partition coefficient (Wildman–Crippen LogP) is 4.24.